The molecule has 1 saturated carbocycles. The molecule has 0 amide bonds. The quantitative estimate of drug-likeness (QED) is 0.740. The second kappa shape index (κ2) is 6.86. The number of ether oxygens (including phenoxy) is 1. The monoisotopic (exact) mass is 323 g/mol. The molecule has 0 saturated heterocycles. The molecule has 1 aliphatic rings. The van der Waals surface area contributed by atoms with E-state index < -0.39 is 0 Å². The van der Waals surface area contributed by atoms with Crippen LogP contribution in [0.5, 0.6) is 5.75 Å². The summed E-state index contributed by atoms with van der Waals surface area (Å²) in [6, 6.07) is 7.99. The molecule has 0 radical (unpaired) electrons. The molecule has 24 heavy (non-hydrogen) atoms. The molecule has 0 unspecified atom stereocenters. The summed E-state index contributed by atoms with van der Waals surface area (Å²) >= 11 is 0. The van der Waals surface area contributed by atoms with Crippen LogP contribution in [-0.2, 0) is 0 Å². The molecule has 1 fully saturated rings. The van der Waals surface area contributed by atoms with Crippen molar-refractivity contribution in [3.05, 3.63) is 36.9 Å². The van der Waals surface area contributed by atoms with Crippen molar-refractivity contribution in [2.45, 2.75) is 32.1 Å². The van der Waals surface area contributed by atoms with Crippen LogP contribution in [0.15, 0.2) is 36.9 Å². The molecule has 3 aromatic rings. The number of hydrogen-bond acceptors (Lipinski definition) is 5. The summed E-state index contributed by atoms with van der Waals surface area (Å²) in [4.78, 5) is 15.6. The lowest BCUT2D eigenvalue weighted by molar-refractivity contribution is 0.209. The summed E-state index contributed by atoms with van der Waals surface area (Å²) in [7, 11) is 0. The van der Waals surface area contributed by atoms with Crippen LogP contribution in [0.25, 0.3) is 11.2 Å². The van der Waals surface area contributed by atoms with Crippen molar-refractivity contribution in [1.82, 2.24) is 19.9 Å². The summed E-state index contributed by atoms with van der Waals surface area (Å²) < 4.78 is 5.94. The van der Waals surface area contributed by atoms with Gasteiger partial charge in [0.2, 0.25) is 0 Å². The SMILES string of the molecule is c1nc(Nc2ccc(OCC3CCCCC3)cc2)c2[nH]cnc2n1. The minimum absolute atomic E-state index is 0.653. The van der Waals surface area contributed by atoms with E-state index in [4.69, 9.17) is 4.74 Å². The number of nitrogens with one attached hydrogen (secondary N) is 2. The maximum absolute atomic E-state index is 5.94. The summed E-state index contributed by atoms with van der Waals surface area (Å²) in [5.41, 5.74) is 2.41. The fourth-order valence-corrected chi connectivity index (χ4v) is 3.20. The van der Waals surface area contributed by atoms with E-state index in [1.54, 1.807) is 6.33 Å². The van der Waals surface area contributed by atoms with E-state index in [0.717, 1.165) is 23.6 Å². The zero-order chi connectivity index (χ0) is 16.2. The molecular formula is C18H21N5O. The molecule has 4 rings (SSSR count). The molecule has 2 heterocycles. The fourth-order valence-electron chi connectivity index (χ4n) is 3.20. The largest absolute Gasteiger partial charge is 0.493 e. The number of anilines is 2. The van der Waals surface area contributed by atoms with Gasteiger partial charge in [0.15, 0.2) is 11.5 Å². The van der Waals surface area contributed by atoms with Crippen molar-refractivity contribution in [1.29, 1.82) is 0 Å². The maximum atomic E-state index is 5.94. The van der Waals surface area contributed by atoms with Crippen molar-refractivity contribution < 1.29 is 4.74 Å². The predicted octanol–water partition coefficient (Wildman–Crippen LogP) is 4.06. The van der Waals surface area contributed by atoms with Gasteiger partial charge in [0.25, 0.3) is 0 Å². The Hall–Kier alpha value is -2.63. The first-order valence-corrected chi connectivity index (χ1v) is 8.52. The lowest BCUT2D eigenvalue weighted by atomic mass is 9.90. The van der Waals surface area contributed by atoms with Gasteiger partial charge in [0.05, 0.1) is 12.9 Å². The van der Waals surface area contributed by atoms with Crippen LogP contribution in [0.2, 0.25) is 0 Å². The highest BCUT2D eigenvalue weighted by Crippen LogP contribution is 2.26. The van der Waals surface area contributed by atoms with Gasteiger partial charge in [-0.15, -0.1) is 0 Å². The third kappa shape index (κ3) is 3.32. The van der Waals surface area contributed by atoms with Gasteiger partial charge in [-0.05, 0) is 43.0 Å². The Kier molecular flexibility index (Phi) is 4.27. The average molecular weight is 323 g/mol. The Bertz CT molecular complexity index is 793. The number of H-pyrrole nitrogens is 1. The molecule has 0 atom stereocenters. The van der Waals surface area contributed by atoms with Crippen molar-refractivity contribution >= 4 is 22.7 Å². The number of hydrogen-bond donors (Lipinski definition) is 2. The summed E-state index contributed by atoms with van der Waals surface area (Å²) in [6.07, 6.45) is 9.79. The lowest BCUT2D eigenvalue weighted by Crippen LogP contribution is -2.15. The second-order valence-electron chi connectivity index (χ2n) is 6.29. The fraction of sp³-hybridized carbons (Fsp3) is 0.389. The van der Waals surface area contributed by atoms with Crippen LogP contribution in [-0.4, -0.2) is 26.5 Å². The average Bonchev–Trinajstić information content (AvgIpc) is 3.12. The molecule has 1 aliphatic carbocycles. The first-order chi connectivity index (χ1) is 11.9. The summed E-state index contributed by atoms with van der Waals surface area (Å²) in [5.74, 6) is 2.35. The van der Waals surface area contributed by atoms with Gasteiger partial charge < -0.3 is 15.0 Å². The van der Waals surface area contributed by atoms with Crippen LogP contribution in [0.3, 0.4) is 0 Å². The number of imidazole rings is 1. The normalized spacial score (nSPS) is 15.5. The molecule has 6 nitrogen and oxygen atoms in total. The third-order valence-corrected chi connectivity index (χ3v) is 4.55. The van der Waals surface area contributed by atoms with Gasteiger partial charge in [-0.3, -0.25) is 0 Å². The number of fused-ring (bicyclic) bond motifs is 1. The lowest BCUT2D eigenvalue weighted by Gasteiger charge is -2.21. The van der Waals surface area contributed by atoms with Crippen LogP contribution in [0, 0.1) is 5.92 Å². The second-order valence-corrected chi connectivity index (χ2v) is 6.29. The molecule has 2 aromatic heterocycles. The molecule has 0 bridgehead atoms. The first kappa shape index (κ1) is 14.9. The van der Waals surface area contributed by atoms with E-state index >= 15 is 0 Å². The van der Waals surface area contributed by atoms with Gasteiger partial charge >= 0.3 is 0 Å². The highest BCUT2D eigenvalue weighted by atomic mass is 16.5. The van der Waals surface area contributed by atoms with Gasteiger partial charge in [0, 0.05) is 5.69 Å². The summed E-state index contributed by atoms with van der Waals surface area (Å²) in [5, 5.41) is 3.29. The van der Waals surface area contributed by atoms with E-state index in [9.17, 15) is 0 Å². The standard InChI is InChI=1S/C18H21N5O/c1-2-4-13(5-3-1)10-24-15-8-6-14(7-9-15)23-18-16-17(20-11-19-16)21-12-22-18/h6-9,11-13H,1-5,10H2,(H2,19,20,21,22,23). The molecule has 124 valence electrons. The van der Waals surface area contributed by atoms with E-state index in [2.05, 4.69) is 25.3 Å². The molecule has 0 aliphatic heterocycles. The van der Waals surface area contributed by atoms with Crippen molar-refractivity contribution in [2.24, 2.45) is 5.92 Å². The number of rotatable bonds is 5. The van der Waals surface area contributed by atoms with E-state index in [1.807, 2.05) is 24.3 Å². The molecule has 1 aromatic carbocycles. The van der Waals surface area contributed by atoms with Gasteiger partial charge in [-0.25, -0.2) is 15.0 Å². The van der Waals surface area contributed by atoms with Crippen LogP contribution in [0.1, 0.15) is 32.1 Å². The number of aromatic nitrogens is 4. The van der Waals surface area contributed by atoms with Gasteiger partial charge in [-0.2, -0.15) is 0 Å². The van der Waals surface area contributed by atoms with Crippen molar-refractivity contribution in [2.75, 3.05) is 11.9 Å². The van der Waals surface area contributed by atoms with Gasteiger partial charge in [0.1, 0.15) is 17.6 Å². The predicted molar refractivity (Wildman–Crippen MR) is 93.5 cm³/mol. The Morgan fingerprint density at radius 2 is 1.88 bits per heavy atom. The highest BCUT2D eigenvalue weighted by Gasteiger charge is 2.14. The van der Waals surface area contributed by atoms with Crippen molar-refractivity contribution in [3.63, 3.8) is 0 Å². The zero-order valence-electron chi connectivity index (χ0n) is 13.5. The van der Waals surface area contributed by atoms with E-state index in [-0.39, 0.29) is 0 Å². The third-order valence-electron chi connectivity index (χ3n) is 4.55. The zero-order valence-corrected chi connectivity index (χ0v) is 13.5. The minimum Gasteiger partial charge on any atom is -0.493 e. The minimum atomic E-state index is 0.653. The number of benzene rings is 1. The van der Waals surface area contributed by atoms with Crippen LogP contribution >= 0.6 is 0 Å². The van der Waals surface area contributed by atoms with E-state index in [0.29, 0.717) is 17.4 Å². The topological polar surface area (TPSA) is 75.7 Å². The van der Waals surface area contributed by atoms with Crippen LogP contribution in [0.4, 0.5) is 11.5 Å². The molecule has 2 N–H and O–H groups in total. The maximum Gasteiger partial charge on any atom is 0.182 e. The van der Waals surface area contributed by atoms with E-state index in [1.165, 1.54) is 38.4 Å². The Balaban J connectivity index is 1.39. The Morgan fingerprint density at radius 3 is 2.71 bits per heavy atom. The number of nitrogens with zero attached hydrogens (tertiary/aromatic N) is 3. The molecule has 0 spiro atoms. The van der Waals surface area contributed by atoms with Gasteiger partial charge in [-0.1, -0.05) is 19.3 Å². The smallest absolute Gasteiger partial charge is 0.182 e. The Morgan fingerprint density at radius 1 is 1.04 bits per heavy atom. The first-order valence-electron chi connectivity index (χ1n) is 8.52. The molecular weight excluding hydrogens is 302 g/mol. The summed E-state index contributed by atoms with van der Waals surface area (Å²) in [6.45, 7) is 0.827. The highest BCUT2D eigenvalue weighted by molar-refractivity contribution is 5.84. The van der Waals surface area contributed by atoms with Crippen LogP contribution < -0.4 is 10.1 Å². The number of aromatic amines is 1. The molecule has 6 heteroatoms. The Labute approximate surface area is 140 Å². The van der Waals surface area contributed by atoms with Crippen molar-refractivity contribution in [3.8, 4) is 5.75 Å².